The Bertz CT molecular complexity index is 1220. The highest BCUT2D eigenvalue weighted by Gasteiger charge is 2.29. The summed E-state index contributed by atoms with van der Waals surface area (Å²) in [5.74, 6) is -0.620. The van der Waals surface area contributed by atoms with Crippen LogP contribution in [0.25, 0.3) is 12.2 Å². The van der Waals surface area contributed by atoms with E-state index in [0.717, 1.165) is 21.0 Å². The molecule has 164 valence electrons. The molecule has 0 saturated carbocycles. The minimum Gasteiger partial charge on any atom is -0.268 e. The van der Waals surface area contributed by atoms with Gasteiger partial charge in [-0.15, -0.1) is 0 Å². The lowest BCUT2D eigenvalue weighted by atomic mass is 9.87. The van der Waals surface area contributed by atoms with Gasteiger partial charge in [0, 0.05) is 11.8 Å². The molecule has 0 saturated heterocycles. The van der Waals surface area contributed by atoms with Gasteiger partial charge in [0.1, 0.15) is 0 Å². The van der Waals surface area contributed by atoms with Crippen molar-refractivity contribution in [3.05, 3.63) is 114 Å². The summed E-state index contributed by atoms with van der Waals surface area (Å²) in [6, 6.07) is 22.6. The highest BCUT2D eigenvalue weighted by Crippen LogP contribution is 2.25. The van der Waals surface area contributed by atoms with Crippen molar-refractivity contribution >= 4 is 28.1 Å². The summed E-state index contributed by atoms with van der Waals surface area (Å²) >= 11 is 0. The van der Waals surface area contributed by atoms with Gasteiger partial charge in [0.2, 0.25) is 0 Å². The zero-order valence-electron chi connectivity index (χ0n) is 18.5. The summed E-state index contributed by atoms with van der Waals surface area (Å²) in [7, 11) is -4.12. The number of rotatable bonds is 6. The minimum atomic E-state index is -4.12. The molecular weight excluding hydrogens is 418 g/mol. The Labute approximate surface area is 190 Å². The van der Waals surface area contributed by atoms with Crippen molar-refractivity contribution in [1.82, 2.24) is 4.31 Å². The minimum absolute atomic E-state index is 0.0282. The zero-order valence-corrected chi connectivity index (χ0v) is 19.3. The number of carbonyl (C=O) groups excluding carboxylic acids is 1. The van der Waals surface area contributed by atoms with Gasteiger partial charge >= 0.3 is 0 Å². The molecule has 0 radical (unpaired) electrons. The van der Waals surface area contributed by atoms with Crippen LogP contribution in [0, 0.1) is 0 Å². The van der Waals surface area contributed by atoms with Gasteiger partial charge in [-0.25, -0.2) is 12.7 Å². The van der Waals surface area contributed by atoms with Crippen LogP contribution in [0.3, 0.4) is 0 Å². The van der Waals surface area contributed by atoms with E-state index in [9.17, 15) is 13.2 Å². The molecule has 0 aliphatic heterocycles. The molecule has 32 heavy (non-hydrogen) atoms. The van der Waals surface area contributed by atoms with Crippen LogP contribution in [0.5, 0.6) is 0 Å². The van der Waals surface area contributed by atoms with Crippen LogP contribution in [-0.4, -0.2) is 18.6 Å². The first-order chi connectivity index (χ1) is 15.1. The maximum absolute atomic E-state index is 13.4. The van der Waals surface area contributed by atoms with Gasteiger partial charge in [-0.2, -0.15) is 0 Å². The van der Waals surface area contributed by atoms with Gasteiger partial charge < -0.3 is 0 Å². The molecule has 0 bridgehead atoms. The average Bonchev–Trinajstić information content (AvgIpc) is 2.79. The number of hydrogen-bond donors (Lipinski definition) is 0. The first-order valence-corrected chi connectivity index (χ1v) is 11.7. The predicted octanol–water partition coefficient (Wildman–Crippen LogP) is 6.13. The van der Waals surface area contributed by atoms with E-state index in [1.165, 1.54) is 18.3 Å². The van der Waals surface area contributed by atoms with Gasteiger partial charge in [0.15, 0.2) is 0 Å². The second-order valence-corrected chi connectivity index (χ2v) is 10.2. The van der Waals surface area contributed by atoms with Crippen molar-refractivity contribution in [3.63, 3.8) is 0 Å². The predicted molar refractivity (Wildman–Crippen MR) is 131 cm³/mol. The fraction of sp³-hybridized carbons (Fsp3) is 0.148. The van der Waals surface area contributed by atoms with E-state index in [1.54, 1.807) is 36.4 Å². The van der Waals surface area contributed by atoms with Crippen molar-refractivity contribution < 1.29 is 13.2 Å². The van der Waals surface area contributed by atoms with Gasteiger partial charge in [0.25, 0.3) is 15.9 Å². The molecule has 1 amide bonds. The van der Waals surface area contributed by atoms with E-state index < -0.39 is 15.9 Å². The van der Waals surface area contributed by atoms with Crippen LogP contribution in [0.1, 0.15) is 47.8 Å². The highest BCUT2D eigenvalue weighted by atomic mass is 32.2. The van der Waals surface area contributed by atoms with Crippen LogP contribution >= 0.6 is 0 Å². The summed E-state index contributed by atoms with van der Waals surface area (Å²) in [6.07, 6.45) is 4.55. The standard InChI is InChI=1S/C27H27NO3S/c1-5-21-11-17-25(18-12-21)32(30,31)28(20-19-22-9-7-6-8-10-22)26(29)23-13-15-24(16-14-23)27(2,3)4/h5-20H,1H2,2-4H3. The van der Waals surface area contributed by atoms with E-state index >= 15 is 0 Å². The zero-order chi connectivity index (χ0) is 23.4. The third-order valence-corrected chi connectivity index (χ3v) is 6.75. The van der Waals surface area contributed by atoms with E-state index in [4.69, 9.17) is 0 Å². The Hall–Kier alpha value is -3.44. The number of amides is 1. The fourth-order valence-electron chi connectivity index (χ4n) is 3.10. The number of nitrogens with zero attached hydrogens (tertiary/aromatic N) is 1. The van der Waals surface area contributed by atoms with Crippen LogP contribution in [-0.2, 0) is 15.4 Å². The largest absolute Gasteiger partial charge is 0.271 e. The van der Waals surface area contributed by atoms with Crippen molar-refractivity contribution in [3.8, 4) is 0 Å². The summed E-state index contributed by atoms with van der Waals surface area (Å²) < 4.78 is 27.6. The lowest BCUT2D eigenvalue weighted by molar-refractivity contribution is 0.0899. The molecular formula is C27H27NO3S. The summed E-state index contributed by atoms with van der Waals surface area (Å²) in [5, 5.41) is 0. The lowest BCUT2D eigenvalue weighted by Crippen LogP contribution is -2.32. The smallest absolute Gasteiger partial charge is 0.268 e. The van der Waals surface area contributed by atoms with E-state index in [1.807, 2.05) is 42.5 Å². The molecule has 0 aliphatic rings. The molecule has 0 heterocycles. The molecule has 0 fully saturated rings. The molecule has 3 rings (SSSR count). The molecule has 3 aromatic carbocycles. The number of hydrogen-bond acceptors (Lipinski definition) is 3. The number of sulfonamides is 1. The molecule has 3 aromatic rings. The molecule has 0 unspecified atom stereocenters. The lowest BCUT2D eigenvalue weighted by Gasteiger charge is -2.21. The number of carbonyl (C=O) groups is 1. The molecule has 0 N–H and O–H groups in total. The quantitative estimate of drug-likeness (QED) is 0.459. The van der Waals surface area contributed by atoms with Crippen molar-refractivity contribution in [2.75, 3.05) is 0 Å². The SMILES string of the molecule is C=Cc1ccc(S(=O)(=O)N(C=Cc2ccccc2)C(=O)c2ccc(C(C)(C)C)cc2)cc1. The Morgan fingerprint density at radius 2 is 1.44 bits per heavy atom. The van der Waals surface area contributed by atoms with Gasteiger partial charge in [0.05, 0.1) is 4.90 Å². The van der Waals surface area contributed by atoms with Crippen LogP contribution in [0.2, 0.25) is 0 Å². The Balaban J connectivity index is 2.04. The summed E-state index contributed by atoms with van der Waals surface area (Å²) in [6.45, 7) is 9.93. The van der Waals surface area contributed by atoms with Crippen LogP contribution in [0.15, 0.2) is 96.5 Å². The normalized spacial score (nSPS) is 12.0. The summed E-state index contributed by atoms with van der Waals surface area (Å²) in [4.78, 5) is 13.4. The highest BCUT2D eigenvalue weighted by molar-refractivity contribution is 7.89. The molecule has 0 atom stereocenters. The summed E-state index contributed by atoms with van der Waals surface area (Å²) in [5.41, 5.74) is 2.85. The third-order valence-electron chi connectivity index (χ3n) is 5.07. The van der Waals surface area contributed by atoms with E-state index in [0.29, 0.717) is 5.56 Å². The average molecular weight is 446 g/mol. The topological polar surface area (TPSA) is 54.5 Å². The molecule has 5 heteroatoms. The third kappa shape index (κ3) is 5.24. The second kappa shape index (κ2) is 9.37. The first kappa shape index (κ1) is 23.2. The monoisotopic (exact) mass is 445 g/mol. The molecule has 0 aromatic heterocycles. The van der Waals surface area contributed by atoms with Gasteiger partial charge in [-0.3, -0.25) is 4.79 Å². The molecule has 0 aliphatic carbocycles. The van der Waals surface area contributed by atoms with Crippen LogP contribution < -0.4 is 0 Å². The fourth-order valence-corrected chi connectivity index (χ4v) is 4.36. The Morgan fingerprint density at radius 1 is 0.844 bits per heavy atom. The maximum atomic E-state index is 13.4. The molecule has 4 nitrogen and oxygen atoms in total. The molecule has 0 spiro atoms. The maximum Gasteiger partial charge on any atom is 0.271 e. The van der Waals surface area contributed by atoms with Crippen molar-refractivity contribution in [2.24, 2.45) is 0 Å². The Kier molecular flexibility index (Phi) is 6.80. The van der Waals surface area contributed by atoms with E-state index in [2.05, 4.69) is 27.4 Å². The second-order valence-electron chi connectivity index (χ2n) is 8.43. The number of benzene rings is 3. The van der Waals surface area contributed by atoms with E-state index in [-0.39, 0.29) is 10.3 Å². The Morgan fingerprint density at radius 3 is 1.97 bits per heavy atom. The van der Waals surface area contributed by atoms with Gasteiger partial charge in [-0.1, -0.05) is 88.0 Å². The van der Waals surface area contributed by atoms with Crippen molar-refractivity contribution in [1.29, 1.82) is 0 Å². The van der Waals surface area contributed by atoms with Crippen LogP contribution in [0.4, 0.5) is 0 Å². The van der Waals surface area contributed by atoms with Crippen molar-refractivity contribution in [2.45, 2.75) is 31.1 Å². The van der Waals surface area contributed by atoms with Gasteiger partial charge in [-0.05, 0) is 52.4 Å². The first-order valence-electron chi connectivity index (χ1n) is 10.3.